The van der Waals surface area contributed by atoms with Gasteiger partial charge in [0.2, 0.25) is 0 Å². The highest BCUT2D eigenvalue weighted by atomic mass is 16.5. The molecule has 0 radical (unpaired) electrons. The molecule has 1 heterocycles. The number of ether oxygens (including phenoxy) is 2. The molecule has 0 bridgehead atoms. The van der Waals surface area contributed by atoms with Crippen LogP contribution in [0.5, 0.6) is 11.5 Å². The molecule has 3 aromatic carbocycles. The molecule has 0 spiro atoms. The van der Waals surface area contributed by atoms with E-state index in [1.807, 2.05) is 48.5 Å². The number of amides is 1. The number of aromatic amines is 1. The number of hydrogen-bond acceptors (Lipinski definition) is 5. The van der Waals surface area contributed by atoms with E-state index in [0.29, 0.717) is 28.6 Å². The van der Waals surface area contributed by atoms with Gasteiger partial charge in [-0.2, -0.15) is 10.2 Å². The topological polar surface area (TPSA) is 88.6 Å². The van der Waals surface area contributed by atoms with Gasteiger partial charge in [-0.25, -0.2) is 5.43 Å². The van der Waals surface area contributed by atoms with Crippen molar-refractivity contribution >= 4 is 11.6 Å². The van der Waals surface area contributed by atoms with Gasteiger partial charge in [0.25, 0.3) is 5.91 Å². The Kier molecular flexibility index (Phi) is 6.50. The summed E-state index contributed by atoms with van der Waals surface area (Å²) in [6, 6.07) is 25.3. The Labute approximate surface area is 192 Å². The Morgan fingerprint density at radius 1 is 0.848 bits per heavy atom. The number of nitrogens with zero attached hydrogens (tertiary/aromatic N) is 2. The fourth-order valence-corrected chi connectivity index (χ4v) is 3.37. The minimum atomic E-state index is -0.380. The fourth-order valence-electron chi connectivity index (χ4n) is 3.37. The second-order valence-electron chi connectivity index (χ2n) is 7.32. The first-order chi connectivity index (χ1) is 16.1. The van der Waals surface area contributed by atoms with Crippen LogP contribution in [-0.4, -0.2) is 36.0 Å². The zero-order valence-electron chi connectivity index (χ0n) is 18.6. The van der Waals surface area contributed by atoms with Crippen LogP contribution in [0, 0.1) is 0 Å². The summed E-state index contributed by atoms with van der Waals surface area (Å²) in [5.74, 6) is 0.835. The summed E-state index contributed by atoms with van der Waals surface area (Å²) in [4.78, 5) is 12.6. The molecule has 33 heavy (non-hydrogen) atoms. The minimum absolute atomic E-state index is 0.320. The zero-order valence-corrected chi connectivity index (χ0v) is 18.6. The Balaban J connectivity index is 1.45. The summed E-state index contributed by atoms with van der Waals surface area (Å²) in [5, 5.41) is 11.3. The lowest BCUT2D eigenvalue weighted by Crippen LogP contribution is -2.19. The molecule has 0 saturated carbocycles. The van der Waals surface area contributed by atoms with Crippen LogP contribution in [0.15, 0.2) is 84.0 Å². The van der Waals surface area contributed by atoms with E-state index < -0.39 is 0 Å². The molecule has 4 aromatic rings. The van der Waals surface area contributed by atoms with E-state index in [2.05, 4.69) is 32.9 Å². The fraction of sp³-hybridized carbons (Fsp3) is 0.115. The van der Waals surface area contributed by atoms with Crippen molar-refractivity contribution in [3.63, 3.8) is 0 Å². The standard InChI is InChI=1S/C26H24N4O3/c1-17(21-13-14-24(32-2)25(15-21)33-3)27-30-26(31)23-16-22(28-29-23)20-11-9-19(10-12-20)18-7-5-4-6-8-18/h4-16H,1-3H3,(H,28,29)(H,30,31). The van der Waals surface area contributed by atoms with Gasteiger partial charge in [0.15, 0.2) is 11.5 Å². The molecule has 4 rings (SSSR count). The highest BCUT2D eigenvalue weighted by Crippen LogP contribution is 2.28. The molecule has 0 unspecified atom stereocenters. The van der Waals surface area contributed by atoms with Crippen molar-refractivity contribution in [3.8, 4) is 33.9 Å². The maximum absolute atomic E-state index is 12.6. The largest absolute Gasteiger partial charge is 0.493 e. The monoisotopic (exact) mass is 440 g/mol. The number of nitrogens with one attached hydrogen (secondary N) is 2. The predicted molar refractivity (Wildman–Crippen MR) is 129 cm³/mol. The summed E-state index contributed by atoms with van der Waals surface area (Å²) in [6.07, 6.45) is 0. The van der Waals surface area contributed by atoms with Crippen molar-refractivity contribution in [2.24, 2.45) is 5.10 Å². The van der Waals surface area contributed by atoms with E-state index in [4.69, 9.17) is 9.47 Å². The van der Waals surface area contributed by atoms with Gasteiger partial charge in [0, 0.05) is 11.1 Å². The van der Waals surface area contributed by atoms with Crippen LogP contribution in [0.1, 0.15) is 23.0 Å². The number of benzene rings is 3. The lowest BCUT2D eigenvalue weighted by atomic mass is 10.0. The van der Waals surface area contributed by atoms with Gasteiger partial charge in [-0.3, -0.25) is 9.89 Å². The summed E-state index contributed by atoms with van der Waals surface area (Å²) in [6.45, 7) is 1.80. The van der Waals surface area contributed by atoms with Crippen LogP contribution in [-0.2, 0) is 0 Å². The molecule has 166 valence electrons. The van der Waals surface area contributed by atoms with Gasteiger partial charge in [-0.05, 0) is 42.3 Å². The Hall–Kier alpha value is -4.39. The number of hydrogen-bond donors (Lipinski definition) is 2. The van der Waals surface area contributed by atoms with Crippen LogP contribution in [0.4, 0.5) is 0 Å². The average Bonchev–Trinajstić information content (AvgIpc) is 3.38. The van der Waals surface area contributed by atoms with E-state index in [9.17, 15) is 4.79 Å². The number of aromatic nitrogens is 2. The van der Waals surface area contributed by atoms with Crippen molar-refractivity contribution in [2.45, 2.75) is 6.92 Å². The lowest BCUT2D eigenvalue weighted by molar-refractivity contribution is 0.0950. The van der Waals surface area contributed by atoms with Crippen LogP contribution in [0.25, 0.3) is 22.4 Å². The highest BCUT2D eigenvalue weighted by molar-refractivity contribution is 6.01. The Morgan fingerprint density at radius 3 is 2.21 bits per heavy atom. The maximum Gasteiger partial charge on any atom is 0.289 e. The van der Waals surface area contributed by atoms with Crippen molar-refractivity contribution in [2.75, 3.05) is 14.2 Å². The number of carbonyl (C=O) groups excluding carboxylic acids is 1. The van der Waals surface area contributed by atoms with Crippen molar-refractivity contribution < 1.29 is 14.3 Å². The smallest absolute Gasteiger partial charge is 0.289 e. The SMILES string of the molecule is COc1ccc(C(C)=NNC(=O)c2cc(-c3ccc(-c4ccccc4)cc3)n[nH]2)cc1OC. The lowest BCUT2D eigenvalue weighted by Gasteiger charge is -2.09. The van der Waals surface area contributed by atoms with Crippen LogP contribution >= 0.6 is 0 Å². The van der Waals surface area contributed by atoms with E-state index >= 15 is 0 Å². The van der Waals surface area contributed by atoms with Crippen LogP contribution < -0.4 is 14.9 Å². The molecular weight excluding hydrogens is 416 g/mol. The average molecular weight is 441 g/mol. The molecule has 1 aromatic heterocycles. The number of H-pyrrole nitrogens is 1. The van der Waals surface area contributed by atoms with Gasteiger partial charge in [-0.15, -0.1) is 0 Å². The molecule has 0 aliphatic rings. The highest BCUT2D eigenvalue weighted by Gasteiger charge is 2.12. The zero-order chi connectivity index (χ0) is 23.2. The van der Waals surface area contributed by atoms with Crippen molar-refractivity contribution in [1.82, 2.24) is 15.6 Å². The minimum Gasteiger partial charge on any atom is -0.493 e. The quantitative estimate of drug-likeness (QED) is 0.316. The summed E-state index contributed by atoms with van der Waals surface area (Å²) in [5.41, 5.74) is 8.17. The van der Waals surface area contributed by atoms with Gasteiger partial charge in [0.05, 0.1) is 25.6 Å². The third-order valence-electron chi connectivity index (χ3n) is 5.24. The Bertz CT molecular complexity index is 1280. The molecule has 1 amide bonds. The first-order valence-electron chi connectivity index (χ1n) is 10.4. The second-order valence-corrected chi connectivity index (χ2v) is 7.32. The number of rotatable bonds is 7. The normalized spacial score (nSPS) is 11.2. The maximum atomic E-state index is 12.6. The van der Waals surface area contributed by atoms with Gasteiger partial charge >= 0.3 is 0 Å². The molecular formula is C26H24N4O3. The third kappa shape index (κ3) is 4.93. The summed E-state index contributed by atoms with van der Waals surface area (Å²) in [7, 11) is 3.15. The molecule has 0 aliphatic carbocycles. The van der Waals surface area contributed by atoms with Crippen LogP contribution in [0.3, 0.4) is 0 Å². The molecule has 2 N–H and O–H groups in total. The molecule has 0 saturated heterocycles. The summed E-state index contributed by atoms with van der Waals surface area (Å²) >= 11 is 0. The van der Waals surface area contributed by atoms with Gasteiger partial charge < -0.3 is 9.47 Å². The number of methoxy groups -OCH3 is 2. The predicted octanol–water partition coefficient (Wildman–Crippen LogP) is 4.91. The van der Waals surface area contributed by atoms with Gasteiger partial charge in [0.1, 0.15) is 5.69 Å². The number of hydrazone groups is 1. The van der Waals surface area contributed by atoms with Crippen LogP contribution in [0.2, 0.25) is 0 Å². The molecule has 7 nitrogen and oxygen atoms in total. The van der Waals surface area contributed by atoms with E-state index in [0.717, 1.165) is 22.3 Å². The molecule has 0 fully saturated rings. The van der Waals surface area contributed by atoms with Gasteiger partial charge in [-0.1, -0.05) is 54.6 Å². The first kappa shape index (κ1) is 21.8. The van der Waals surface area contributed by atoms with E-state index in [1.165, 1.54) is 0 Å². The molecule has 0 atom stereocenters. The number of carbonyl (C=O) groups is 1. The van der Waals surface area contributed by atoms with Crippen molar-refractivity contribution in [1.29, 1.82) is 0 Å². The van der Waals surface area contributed by atoms with Crippen molar-refractivity contribution in [3.05, 3.63) is 90.1 Å². The second kappa shape index (κ2) is 9.82. The Morgan fingerprint density at radius 2 is 1.52 bits per heavy atom. The molecule has 0 aliphatic heterocycles. The third-order valence-corrected chi connectivity index (χ3v) is 5.24. The van der Waals surface area contributed by atoms with E-state index in [-0.39, 0.29) is 5.91 Å². The summed E-state index contributed by atoms with van der Waals surface area (Å²) < 4.78 is 10.6. The van der Waals surface area contributed by atoms with E-state index in [1.54, 1.807) is 39.3 Å². The molecule has 7 heteroatoms. The first-order valence-corrected chi connectivity index (χ1v) is 10.4.